The van der Waals surface area contributed by atoms with E-state index in [4.69, 9.17) is 16.7 Å². The Balaban J connectivity index is 1.74. The average molecular weight is 377 g/mol. The number of aromatic nitrogens is 1. The second-order valence-corrected chi connectivity index (χ2v) is 7.43. The first-order chi connectivity index (χ1) is 12.1. The van der Waals surface area contributed by atoms with Gasteiger partial charge >= 0.3 is 5.97 Å². The average Bonchev–Trinajstić information content (AvgIpc) is 3.21. The molecule has 2 aromatic heterocycles. The molecule has 1 aliphatic rings. The third-order valence-electron chi connectivity index (χ3n) is 4.38. The SMILES string of the molecule is Cn1cccc1C(=CCCN1CCC=C(C(=O)O)C1)c1sccc1Cl. The summed E-state index contributed by atoms with van der Waals surface area (Å²) in [5, 5.41) is 11.9. The van der Waals surface area contributed by atoms with E-state index in [9.17, 15) is 4.79 Å². The standard InChI is InChI=1S/C19H21ClN2O2S/c1-21-9-4-7-17(21)15(18-16(20)8-12-25-18)6-3-11-22-10-2-5-14(13-22)19(23)24/h4-9,12H,2-3,10-11,13H2,1H3,(H,23,24). The Bertz CT molecular complexity index is 777. The van der Waals surface area contributed by atoms with Crippen molar-refractivity contribution in [3.63, 3.8) is 0 Å². The summed E-state index contributed by atoms with van der Waals surface area (Å²) in [7, 11) is 2.03. The first-order valence-corrected chi connectivity index (χ1v) is 9.52. The van der Waals surface area contributed by atoms with Gasteiger partial charge in [-0.25, -0.2) is 4.79 Å². The fourth-order valence-corrected chi connectivity index (χ4v) is 4.29. The highest BCUT2D eigenvalue weighted by Gasteiger charge is 2.17. The highest BCUT2D eigenvalue weighted by atomic mass is 35.5. The van der Waals surface area contributed by atoms with E-state index in [1.54, 1.807) is 11.3 Å². The van der Waals surface area contributed by atoms with Crippen LogP contribution in [0.2, 0.25) is 5.02 Å². The first-order valence-electron chi connectivity index (χ1n) is 8.26. The van der Waals surface area contributed by atoms with Crippen LogP contribution in [0, 0.1) is 0 Å². The van der Waals surface area contributed by atoms with Crippen LogP contribution >= 0.6 is 22.9 Å². The Morgan fingerprint density at radius 1 is 1.44 bits per heavy atom. The summed E-state index contributed by atoms with van der Waals surface area (Å²) in [5.41, 5.74) is 2.77. The molecule has 0 fully saturated rings. The van der Waals surface area contributed by atoms with Crippen LogP contribution in [-0.4, -0.2) is 40.2 Å². The number of thiophene rings is 1. The number of carboxylic acids is 1. The van der Waals surface area contributed by atoms with E-state index in [-0.39, 0.29) is 0 Å². The van der Waals surface area contributed by atoms with Gasteiger partial charge in [-0.3, -0.25) is 4.90 Å². The lowest BCUT2D eigenvalue weighted by Crippen LogP contribution is -2.32. The predicted octanol–water partition coefficient (Wildman–Crippen LogP) is 4.28. The number of halogens is 1. The summed E-state index contributed by atoms with van der Waals surface area (Å²) in [6, 6.07) is 6.04. The van der Waals surface area contributed by atoms with Crippen molar-refractivity contribution in [3.8, 4) is 0 Å². The highest BCUT2D eigenvalue weighted by Crippen LogP contribution is 2.34. The van der Waals surface area contributed by atoms with Crippen LogP contribution < -0.4 is 0 Å². The third kappa shape index (κ3) is 4.24. The molecule has 0 aromatic carbocycles. The molecule has 25 heavy (non-hydrogen) atoms. The van der Waals surface area contributed by atoms with E-state index in [1.807, 2.05) is 36.8 Å². The number of carbonyl (C=O) groups is 1. The second-order valence-electron chi connectivity index (χ2n) is 6.11. The summed E-state index contributed by atoms with van der Waals surface area (Å²) in [4.78, 5) is 14.4. The van der Waals surface area contributed by atoms with Crippen LogP contribution in [-0.2, 0) is 11.8 Å². The van der Waals surface area contributed by atoms with Crippen LogP contribution in [0.4, 0.5) is 0 Å². The summed E-state index contributed by atoms with van der Waals surface area (Å²) in [5.74, 6) is -0.810. The van der Waals surface area contributed by atoms with E-state index < -0.39 is 5.97 Å². The molecule has 0 bridgehead atoms. The van der Waals surface area contributed by atoms with E-state index >= 15 is 0 Å². The van der Waals surface area contributed by atoms with Crippen molar-refractivity contribution in [1.82, 2.24) is 9.47 Å². The number of nitrogens with zero attached hydrogens (tertiary/aromatic N) is 2. The molecule has 6 heteroatoms. The molecule has 1 N–H and O–H groups in total. The maximum absolute atomic E-state index is 11.1. The number of rotatable bonds is 6. The van der Waals surface area contributed by atoms with E-state index in [2.05, 4.69) is 21.6 Å². The molecule has 3 rings (SSSR count). The van der Waals surface area contributed by atoms with Crippen molar-refractivity contribution in [1.29, 1.82) is 0 Å². The number of aliphatic carboxylic acids is 1. The van der Waals surface area contributed by atoms with Gasteiger partial charge in [0.2, 0.25) is 0 Å². The van der Waals surface area contributed by atoms with Crippen molar-refractivity contribution in [2.45, 2.75) is 12.8 Å². The van der Waals surface area contributed by atoms with Crippen LogP contribution in [0.3, 0.4) is 0 Å². The minimum atomic E-state index is -0.810. The highest BCUT2D eigenvalue weighted by molar-refractivity contribution is 7.11. The molecule has 132 valence electrons. The molecule has 0 spiro atoms. The minimum Gasteiger partial charge on any atom is -0.478 e. The fourth-order valence-electron chi connectivity index (χ4n) is 3.08. The number of hydrogen-bond acceptors (Lipinski definition) is 3. The fraction of sp³-hybridized carbons (Fsp3) is 0.316. The van der Waals surface area contributed by atoms with Gasteiger partial charge in [-0.1, -0.05) is 23.8 Å². The van der Waals surface area contributed by atoms with Gasteiger partial charge in [-0.05, 0) is 36.4 Å². The van der Waals surface area contributed by atoms with Gasteiger partial charge in [-0.2, -0.15) is 0 Å². The maximum atomic E-state index is 11.1. The minimum absolute atomic E-state index is 0.499. The lowest BCUT2D eigenvalue weighted by atomic mass is 10.1. The Morgan fingerprint density at radius 3 is 2.92 bits per heavy atom. The molecule has 0 unspecified atom stereocenters. The zero-order valence-corrected chi connectivity index (χ0v) is 15.7. The van der Waals surface area contributed by atoms with Crippen LogP contribution in [0.25, 0.3) is 5.57 Å². The van der Waals surface area contributed by atoms with Gasteiger partial charge in [0.15, 0.2) is 0 Å². The normalized spacial score (nSPS) is 16.1. The largest absolute Gasteiger partial charge is 0.478 e. The Labute approximate surface area is 156 Å². The van der Waals surface area contributed by atoms with Gasteiger partial charge in [0, 0.05) is 49.7 Å². The topological polar surface area (TPSA) is 45.5 Å². The molecule has 1 aliphatic heterocycles. The van der Waals surface area contributed by atoms with Gasteiger partial charge < -0.3 is 9.67 Å². The summed E-state index contributed by atoms with van der Waals surface area (Å²) < 4.78 is 2.09. The molecule has 2 aromatic rings. The smallest absolute Gasteiger partial charge is 0.332 e. The van der Waals surface area contributed by atoms with Crippen molar-refractivity contribution in [2.75, 3.05) is 19.6 Å². The lowest BCUT2D eigenvalue weighted by molar-refractivity contribution is -0.133. The summed E-state index contributed by atoms with van der Waals surface area (Å²) in [6.45, 7) is 2.26. The maximum Gasteiger partial charge on any atom is 0.332 e. The third-order valence-corrected chi connectivity index (χ3v) is 5.75. The zero-order chi connectivity index (χ0) is 17.8. The monoisotopic (exact) mass is 376 g/mol. The van der Waals surface area contributed by atoms with Crippen molar-refractivity contribution in [2.24, 2.45) is 7.05 Å². The van der Waals surface area contributed by atoms with Crippen LogP contribution in [0.1, 0.15) is 23.4 Å². The molecular formula is C19H21ClN2O2S. The van der Waals surface area contributed by atoms with Crippen molar-refractivity contribution < 1.29 is 9.90 Å². The van der Waals surface area contributed by atoms with Gasteiger partial charge in [0.1, 0.15) is 0 Å². The Hall–Kier alpha value is -1.82. The molecule has 4 nitrogen and oxygen atoms in total. The van der Waals surface area contributed by atoms with Gasteiger partial charge in [0.05, 0.1) is 9.90 Å². The molecule has 0 aliphatic carbocycles. The van der Waals surface area contributed by atoms with Crippen LogP contribution in [0.5, 0.6) is 0 Å². The molecule has 0 saturated heterocycles. The predicted molar refractivity (Wildman–Crippen MR) is 103 cm³/mol. The Kier molecular flexibility index (Phi) is 5.78. The molecule has 0 atom stereocenters. The second kappa shape index (κ2) is 8.04. The Morgan fingerprint density at radius 2 is 2.28 bits per heavy atom. The molecule has 0 radical (unpaired) electrons. The van der Waals surface area contributed by atoms with Crippen molar-refractivity contribution >= 4 is 34.5 Å². The van der Waals surface area contributed by atoms with Gasteiger partial charge in [0.25, 0.3) is 0 Å². The van der Waals surface area contributed by atoms with Gasteiger partial charge in [-0.15, -0.1) is 11.3 Å². The van der Waals surface area contributed by atoms with E-state index in [0.717, 1.165) is 47.1 Å². The molecular weight excluding hydrogens is 356 g/mol. The molecule has 0 amide bonds. The van der Waals surface area contributed by atoms with E-state index in [0.29, 0.717) is 12.1 Å². The van der Waals surface area contributed by atoms with E-state index in [1.165, 1.54) is 0 Å². The summed E-state index contributed by atoms with van der Waals surface area (Å²) in [6.07, 6.45) is 7.72. The lowest BCUT2D eigenvalue weighted by Gasteiger charge is -2.25. The van der Waals surface area contributed by atoms with Crippen molar-refractivity contribution in [3.05, 3.63) is 63.1 Å². The quantitative estimate of drug-likeness (QED) is 0.818. The number of hydrogen-bond donors (Lipinski definition) is 1. The molecule has 3 heterocycles. The number of carboxylic acid groups (broad SMARTS) is 1. The van der Waals surface area contributed by atoms with Crippen LogP contribution in [0.15, 0.2) is 47.5 Å². The summed E-state index contributed by atoms with van der Waals surface area (Å²) >= 11 is 8.00. The first kappa shape index (κ1) is 18.0. The molecule has 0 saturated carbocycles. The number of aryl methyl sites for hydroxylation is 1. The zero-order valence-electron chi connectivity index (χ0n) is 14.1.